The van der Waals surface area contributed by atoms with Crippen molar-refractivity contribution in [2.24, 2.45) is 0 Å². The van der Waals surface area contributed by atoms with Gasteiger partial charge in [-0.2, -0.15) is 0 Å². The lowest BCUT2D eigenvalue weighted by molar-refractivity contribution is 0.0283. The third kappa shape index (κ3) is 5.25. The Morgan fingerprint density at radius 3 is 2.76 bits per heavy atom. The number of carbonyl (C=O) groups excluding carboxylic acids is 1. The zero-order chi connectivity index (χ0) is 23.2. The van der Waals surface area contributed by atoms with Crippen molar-refractivity contribution in [2.45, 2.75) is 19.9 Å². The largest absolute Gasteiger partial charge is 0.493 e. The molecule has 9 nitrogen and oxygen atoms in total. The van der Waals surface area contributed by atoms with Crippen LogP contribution in [0.1, 0.15) is 28.1 Å². The van der Waals surface area contributed by atoms with Crippen LogP contribution in [0.2, 0.25) is 0 Å². The smallest absolute Gasteiger partial charge is 0.407 e. The van der Waals surface area contributed by atoms with E-state index in [2.05, 4.69) is 4.98 Å². The summed E-state index contributed by atoms with van der Waals surface area (Å²) >= 11 is 0. The van der Waals surface area contributed by atoms with Gasteiger partial charge in [0.15, 0.2) is 5.76 Å². The van der Waals surface area contributed by atoms with Crippen LogP contribution in [0, 0.1) is 6.92 Å². The zero-order valence-corrected chi connectivity index (χ0v) is 18.5. The maximum absolute atomic E-state index is 12.9. The molecule has 3 heterocycles. The molecule has 0 spiro atoms. The minimum atomic E-state index is -0.988. The molecular weight excluding hydrogens is 426 g/mol. The van der Waals surface area contributed by atoms with Crippen LogP contribution < -0.4 is 4.74 Å². The van der Waals surface area contributed by atoms with Crippen LogP contribution in [-0.4, -0.2) is 71.3 Å². The van der Waals surface area contributed by atoms with E-state index in [1.54, 1.807) is 23.4 Å². The van der Waals surface area contributed by atoms with E-state index in [1.165, 1.54) is 4.90 Å². The fourth-order valence-corrected chi connectivity index (χ4v) is 3.89. The number of carboxylic acid groups (broad SMARTS) is 1. The third-order valence-corrected chi connectivity index (χ3v) is 5.60. The van der Waals surface area contributed by atoms with Crippen molar-refractivity contribution in [1.82, 2.24) is 14.8 Å². The van der Waals surface area contributed by atoms with Crippen molar-refractivity contribution in [3.05, 3.63) is 59.6 Å². The highest BCUT2D eigenvalue weighted by Gasteiger charge is 2.26. The number of hydrogen-bond acceptors (Lipinski definition) is 6. The zero-order valence-electron chi connectivity index (χ0n) is 18.5. The fourth-order valence-electron chi connectivity index (χ4n) is 3.89. The summed E-state index contributed by atoms with van der Waals surface area (Å²) < 4.78 is 17.2. The predicted octanol–water partition coefficient (Wildman–Crippen LogP) is 3.56. The number of pyridine rings is 1. The molecule has 0 atom stereocenters. The monoisotopic (exact) mass is 453 g/mol. The molecule has 174 valence electrons. The average Bonchev–Trinajstić information content (AvgIpc) is 3.18. The van der Waals surface area contributed by atoms with Gasteiger partial charge in [-0.15, -0.1) is 0 Å². The molecular formula is C24H27N3O6. The molecule has 1 fully saturated rings. The number of morpholine rings is 1. The summed E-state index contributed by atoms with van der Waals surface area (Å²) in [6, 6.07) is 9.08. The number of hydrogen-bond donors (Lipinski definition) is 1. The maximum atomic E-state index is 12.9. The summed E-state index contributed by atoms with van der Waals surface area (Å²) in [5.74, 6) is 0.783. The highest BCUT2D eigenvalue weighted by atomic mass is 16.5. The number of aryl methyl sites for hydroxylation is 1. The minimum Gasteiger partial charge on any atom is -0.493 e. The Balaban J connectivity index is 1.40. The Morgan fingerprint density at radius 2 is 2.03 bits per heavy atom. The van der Waals surface area contributed by atoms with Crippen LogP contribution in [0.4, 0.5) is 4.79 Å². The van der Waals surface area contributed by atoms with Crippen molar-refractivity contribution in [1.29, 1.82) is 0 Å². The Labute approximate surface area is 191 Å². The first-order valence-electron chi connectivity index (χ1n) is 10.9. The van der Waals surface area contributed by atoms with Gasteiger partial charge < -0.3 is 28.8 Å². The Kier molecular flexibility index (Phi) is 7.09. The molecule has 0 radical (unpaired) electrons. The standard InChI is InChI=1S/C24H27N3O6/c1-17-21-19(32-12-4-9-27(24(29)30)16-18-5-3-8-25-15-18)6-2-7-20(21)33-22(17)23(28)26-10-13-31-14-11-26/h2-3,5-8,15H,4,9-14,16H2,1H3,(H,29,30). The van der Waals surface area contributed by atoms with Crippen LogP contribution in [0.15, 0.2) is 47.1 Å². The van der Waals surface area contributed by atoms with Gasteiger partial charge in [0.05, 0.1) is 31.8 Å². The molecule has 1 aliphatic rings. The summed E-state index contributed by atoms with van der Waals surface area (Å²) in [4.78, 5) is 31.6. The lowest BCUT2D eigenvalue weighted by Gasteiger charge is -2.26. The second-order valence-electron chi connectivity index (χ2n) is 7.86. The van der Waals surface area contributed by atoms with E-state index in [0.717, 1.165) is 16.5 Å². The summed E-state index contributed by atoms with van der Waals surface area (Å²) in [6.45, 7) is 4.90. The average molecular weight is 453 g/mol. The SMILES string of the molecule is Cc1c(C(=O)N2CCOCC2)oc2cccc(OCCCN(Cc3cccnc3)C(=O)O)c12. The molecule has 0 aliphatic carbocycles. The van der Waals surface area contributed by atoms with Crippen molar-refractivity contribution in [3.8, 4) is 5.75 Å². The summed E-state index contributed by atoms with van der Waals surface area (Å²) in [5, 5.41) is 10.3. The quantitative estimate of drug-likeness (QED) is 0.520. The molecule has 9 heteroatoms. The van der Waals surface area contributed by atoms with Gasteiger partial charge in [0, 0.05) is 37.6 Å². The molecule has 3 aromatic rings. The van der Waals surface area contributed by atoms with E-state index >= 15 is 0 Å². The highest BCUT2D eigenvalue weighted by molar-refractivity contribution is 6.00. The molecule has 2 amide bonds. The molecule has 33 heavy (non-hydrogen) atoms. The van der Waals surface area contributed by atoms with E-state index in [9.17, 15) is 14.7 Å². The number of rotatable bonds is 8. The number of carbonyl (C=O) groups is 2. The van der Waals surface area contributed by atoms with Crippen LogP contribution in [-0.2, 0) is 11.3 Å². The van der Waals surface area contributed by atoms with Crippen molar-refractivity contribution >= 4 is 23.0 Å². The molecule has 0 saturated carbocycles. The second-order valence-corrected chi connectivity index (χ2v) is 7.86. The van der Waals surface area contributed by atoms with E-state index in [4.69, 9.17) is 13.9 Å². The molecule has 1 aliphatic heterocycles. The number of aromatic nitrogens is 1. The number of amides is 2. The first-order valence-corrected chi connectivity index (χ1v) is 10.9. The number of benzene rings is 1. The number of furan rings is 1. The number of nitrogens with zero attached hydrogens (tertiary/aromatic N) is 3. The maximum Gasteiger partial charge on any atom is 0.407 e. The topological polar surface area (TPSA) is 105 Å². The van der Waals surface area contributed by atoms with Gasteiger partial charge in [-0.1, -0.05) is 12.1 Å². The van der Waals surface area contributed by atoms with Gasteiger partial charge in [-0.3, -0.25) is 9.78 Å². The van der Waals surface area contributed by atoms with E-state index in [0.29, 0.717) is 63.0 Å². The van der Waals surface area contributed by atoms with E-state index < -0.39 is 6.09 Å². The van der Waals surface area contributed by atoms with Gasteiger partial charge >= 0.3 is 6.09 Å². The van der Waals surface area contributed by atoms with Gasteiger partial charge in [-0.05, 0) is 37.1 Å². The van der Waals surface area contributed by atoms with Gasteiger partial charge in [-0.25, -0.2) is 4.79 Å². The molecule has 0 bridgehead atoms. The van der Waals surface area contributed by atoms with Gasteiger partial charge in [0.1, 0.15) is 11.3 Å². The lowest BCUT2D eigenvalue weighted by Crippen LogP contribution is -2.40. The minimum absolute atomic E-state index is 0.148. The second kappa shape index (κ2) is 10.4. The third-order valence-electron chi connectivity index (χ3n) is 5.60. The predicted molar refractivity (Wildman–Crippen MR) is 120 cm³/mol. The summed E-state index contributed by atoms with van der Waals surface area (Å²) in [5.41, 5.74) is 2.16. The number of fused-ring (bicyclic) bond motifs is 1. The molecule has 2 aromatic heterocycles. The van der Waals surface area contributed by atoms with Gasteiger partial charge in [0.25, 0.3) is 5.91 Å². The lowest BCUT2D eigenvalue weighted by atomic mass is 10.1. The molecule has 4 rings (SSSR count). The molecule has 1 N–H and O–H groups in total. The first-order chi connectivity index (χ1) is 16.0. The highest BCUT2D eigenvalue weighted by Crippen LogP contribution is 2.34. The van der Waals surface area contributed by atoms with Crippen LogP contribution in [0.3, 0.4) is 0 Å². The molecule has 1 saturated heterocycles. The van der Waals surface area contributed by atoms with Gasteiger partial charge in [0.2, 0.25) is 0 Å². The fraction of sp³-hybridized carbons (Fsp3) is 0.375. The van der Waals surface area contributed by atoms with Crippen molar-refractivity contribution in [3.63, 3.8) is 0 Å². The van der Waals surface area contributed by atoms with Crippen LogP contribution >= 0.6 is 0 Å². The van der Waals surface area contributed by atoms with E-state index in [-0.39, 0.29) is 12.5 Å². The summed E-state index contributed by atoms with van der Waals surface area (Å²) in [6.07, 6.45) is 2.84. The summed E-state index contributed by atoms with van der Waals surface area (Å²) in [7, 11) is 0. The van der Waals surface area contributed by atoms with Crippen LogP contribution in [0.5, 0.6) is 5.75 Å². The molecule has 0 unspecified atom stereocenters. The van der Waals surface area contributed by atoms with Crippen LogP contribution in [0.25, 0.3) is 11.0 Å². The number of ether oxygens (including phenoxy) is 2. The first kappa shape index (κ1) is 22.6. The Hall–Kier alpha value is -3.59. The Morgan fingerprint density at radius 1 is 1.21 bits per heavy atom. The van der Waals surface area contributed by atoms with Crippen molar-refractivity contribution < 1.29 is 28.6 Å². The Bertz CT molecular complexity index is 1110. The molecule has 1 aromatic carbocycles. The van der Waals surface area contributed by atoms with Crippen molar-refractivity contribution in [2.75, 3.05) is 39.5 Å². The van der Waals surface area contributed by atoms with E-state index in [1.807, 2.05) is 31.2 Å². The normalized spacial score (nSPS) is 13.8.